The summed E-state index contributed by atoms with van der Waals surface area (Å²) in [7, 11) is 0. The first-order chi connectivity index (χ1) is 21.8. The van der Waals surface area contributed by atoms with Crippen molar-refractivity contribution in [1.82, 2.24) is 15.0 Å². The number of rotatable bonds is 5. The van der Waals surface area contributed by atoms with Crippen LogP contribution in [0.2, 0.25) is 0 Å². The van der Waals surface area contributed by atoms with Crippen molar-refractivity contribution in [3.05, 3.63) is 158 Å². The molecule has 3 heteroatoms. The summed E-state index contributed by atoms with van der Waals surface area (Å²) in [6, 6.07) is 42.8. The number of nitrogens with zero attached hydrogens (tertiary/aromatic N) is 3. The van der Waals surface area contributed by atoms with Gasteiger partial charge in [-0.05, 0) is 81.4 Å². The van der Waals surface area contributed by atoms with E-state index in [1.165, 1.54) is 27.3 Å². The van der Waals surface area contributed by atoms with E-state index in [9.17, 15) is 0 Å². The zero-order valence-corrected chi connectivity index (χ0v) is 24.2. The van der Waals surface area contributed by atoms with Crippen LogP contribution in [0.3, 0.4) is 0 Å². The monoisotopic (exact) mass is 563 g/mol. The second-order valence-electron chi connectivity index (χ2n) is 11.2. The number of pyridine rings is 1. The molecule has 2 heterocycles. The van der Waals surface area contributed by atoms with Gasteiger partial charge < -0.3 is 0 Å². The molecule has 0 radical (unpaired) electrons. The maximum Gasteiger partial charge on any atom is 0.161 e. The number of fused-ring (bicyclic) bond motifs is 3. The van der Waals surface area contributed by atoms with E-state index in [0.29, 0.717) is 5.82 Å². The van der Waals surface area contributed by atoms with Crippen molar-refractivity contribution >= 4 is 27.1 Å². The van der Waals surface area contributed by atoms with Gasteiger partial charge in [0.05, 0.1) is 11.4 Å². The molecule has 8 rings (SSSR count). The van der Waals surface area contributed by atoms with Crippen molar-refractivity contribution < 1.29 is 0 Å². The topological polar surface area (TPSA) is 38.7 Å². The Bertz CT molecular complexity index is 2230. The van der Waals surface area contributed by atoms with Crippen LogP contribution in [-0.4, -0.2) is 15.0 Å². The molecule has 0 bridgehead atoms. The molecule has 0 amide bonds. The summed E-state index contributed by atoms with van der Waals surface area (Å²) in [5, 5.41) is 4.75. The Labute approximate surface area is 256 Å². The Balaban J connectivity index is 1.36. The highest BCUT2D eigenvalue weighted by molar-refractivity contribution is 6.13. The summed E-state index contributed by atoms with van der Waals surface area (Å²) in [5.41, 5.74) is 9.56. The Kier molecular flexibility index (Phi) is 6.62. The van der Waals surface area contributed by atoms with Crippen LogP contribution in [0.15, 0.2) is 152 Å². The maximum atomic E-state index is 5.26. The third-order valence-electron chi connectivity index (χ3n) is 8.37. The van der Waals surface area contributed by atoms with Crippen LogP contribution in [0.5, 0.6) is 0 Å². The number of hydrogen-bond acceptors (Lipinski definition) is 3. The maximum absolute atomic E-state index is 5.26. The molecule has 0 fully saturated rings. The molecule has 44 heavy (non-hydrogen) atoms. The lowest BCUT2D eigenvalue weighted by molar-refractivity contribution is 1.04. The van der Waals surface area contributed by atoms with E-state index in [1.54, 1.807) is 6.20 Å². The van der Waals surface area contributed by atoms with Gasteiger partial charge in [-0.2, -0.15) is 0 Å². The molecule has 0 saturated heterocycles. The quantitative estimate of drug-likeness (QED) is 0.196. The van der Waals surface area contributed by atoms with Gasteiger partial charge in [-0.3, -0.25) is 4.98 Å². The van der Waals surface area contributed by atoms with Gasteiger partial charge in [0.2, 0.25) is 0 Å². The van der Waals surface area contributed by atoms with Gasteiger partial charge in [-0.1, -0.05) is 109 Å². The molecule has 208 valence electrons. The average molecular weight is 564 g/mol. The van der Waals surface area contributed by atoms with E-state index in [-0.39, 0.29) is 0 Å². The first kappa shape index (κ1) is 26.0. The second-order valence-corrected chi connectivity index (χ2v) is 11.2. The van der Waals surface area contributed by atoms with Crippen molar-refractivity contribution in [2.45, 2.75) is 12.8 Å². The molecule has 0 atom stereocenters. The van der Waals surface area contributed by atoms with Crippen molar-refractivity contribution in [1.29, 1.82) is 0 Å². The van der Waals surface area contributed by atoms with Gasteiger partial charge in [0.1, 0.15) is 0 Å². The predicted molar refractivity (Wildman–Crippen MR) is 183 cm³/mol. The molecule has 0 unspecified atom stereocenters. The molecule has 3 nitrogen and oxygen atoms in total. The zero-order chi connectivity index (χ0) is 29.3. The lowest BCUT2D eigenvalue weighted by Gasteiger charge is -2.14. The Morgan fingerprint density at radius 3 is 1.93 bits per heavy atom. The highest BCUT2D eigenvalue weighted by Crippen LogP contribution is 2.36. The predicted octanol–water partition coefficient (Wildman–Crippen LogP) is 10.6. The van der Waals surface area contributed by atoms with E-state index in [4.69, 9.17) is 9.97 Å². The number of aromatic nitrogens is 3. The van der Waals surface area contributed by atoms with Gasteiger partial charge in [0.15, 0.2) is 5.82 Å². The fraction of sp³-hybridized carbons (Fsp3) is 0.0488. The van der Waals surface area contributed by atoms with Gasteiger partial charge in [-0.25, -0.2) is 9.97 Å². The third-order valence-corrected chi connectivity index (χ3v) is 8.37. The Hall–Kier alpha value is -5.67. The Morgan fingerprint density at radius 2 is 1.18 bits per heavy atom. The van der Waals surface area contributed by atoms with E-state index in [2.05, 4.69) is 138 Å². The Morgan fingerprint density at radius 1 is 0.500 bits per heavy atom. The lowest BCUT2D eigenvalue weighted by atomic mass is 9.95. The summed E-state index contributed by atoms with van der Waals surface area (Å²) >= 11 is 0. The minimum Gasteiger partial charge on any atom is -0.264 e. The highest BCUT2D eigenvalue weighted by atomic mass is 14.9. The van der Waals surface area contributed by atoms with Crippen molar-refractivity contribution in [2.24, 2.45) is 0 Å². The minimum absolute atomic E-state index is 0.716. The summed E-state index contributed by atoms with van der Waals surface area (Å²) in [6.45, 7) is 0. The van der Waals surface area contributed by atoms with Crippen molar-refractivity contribution in [2.75, 3.05) is 0 Å². The molecular formula is C41H29N3. The molecule has 5 aromatic carbocycles. The summed E-state index contributed by atoms with van der Waals surface area (Å²) in [6.07, 6.45) is 12.7. The van der Waals surface area contributed by atoms with Gasteiger partial charge in [0, 0.05) is 34.6 Å². The molecule has 2 aromatic heterocycles. The van der Waals surface area contributed by atoms with Crippen LogP contribution in [0, 0.1) is 0 Å². The second kappa shape index (κ2) is 11.2. The van der Waals surface area contributed by atoms with E-state index < -0.39 is 0 Å². The zero-order valence-electron chi connectivity index (χ0n) is 24.2. The largest absolute Gasteiger partial charge is 0.264 e. The fourth-order valence-electron chi connectivity index (χ4n) is 6.18. The summed E-state index contributed by atoms with van der Waals surface area (Å²) < 4.78 is 0. The minimum atomic E-state index is 0.716. The van der Waals surface area contributed by atoms with Gasteiger partial charge in [0.25, 0.3) is 0 Å². The van der Waals surface area contributed by atoms with Crippen LogP contribution < -0.4 is 0 Å². The van der Waals surface area contributed by atoms with Crippen LogP contribution in [0.1, 0.15) is 18.4 Å². The van der Waals surface area contributed by atoms with Crippen molar-refractivity contribution in [3.8, 4) is 45.0 Å². The number of hydrogen-bond donors (Lipinski definition) is 0. The molecule has 0 spiro atoms. The highest BCUT2D eigenvalue weighted by Gasteiger charge is 2.16. The number of benzene rings is 5. The van der Waals surface area contributed by atoms with Crippen molar-refractivity contribution in [3.63, 3.8) is 0 Å². The van der Waals surface area contributed by atoms with E-state index in [1.807, 2.05) is 12.3 Å². The summed E-state index contributed by atoms with van der Waals surface area (Å²) in [4.78, 5) is 14.9. The normalized spacial score (nSPS) is 12.9. The van der Waals surface area contributed by atoms with E-state index >= 15 is 0 Å². The van der Waals surface area contributed by atoms with Crippen LogP contribution >= 0.6 is 0 Å². The van der Waals surface area contributed by atoms with Crippen LogP contribution in [0.4, 0.5) is 0 Å². The molecule has 7 aromatic rings. The fourth-order valence-corrected chi connectivity index (χ4v) is 6.18. The molecule has 0 saturated carbocycles. The number of allylic oxidation sites excluding steroid dienone is 4. The molecule has 1 aliphatic carbocycles. The van der Waals surface area contributed by atoms with Gasteiger partial charge >= 0.3 is 0 Å². The molecule has 1 aliphatic rings. The smallest absolute Gasteiger partial charge is 0.161 e. The van der Waals surface area contributed by atoms with E-state index in [0.717, 1.165) is 57.4 Å². The molecule has 0 aliphatic heterocycles. The standard InChI is InChI=1S/C41H29N3/c1-2-11-28(12-3-1)29-14-8-16-32(23-29)39-26-40(33-17-9-15-30(24-33)34-18-10-22-42-27-34)44-41(43-39)38-25-31-13-4-5-19-35(31)36-20-6-7-21-37(36)38/h2,4-27H,1,3H2. The first-order valence-electron chi connectivity index (χ1n) is 15.1. The SMILES string of the molecule is C1=CC(c2cccc(-c3cc(-c4cccc(-c5cccnc5)c4)nc(-c4cc5ccccc5c5ccccc45)n3)c2)=CCC1. The molecular weight excluding hydrogens is 534 g/mol. The molecule has 0 N–H and O–H groups in total. The lowest BCUT2D eigenvalue weighted by Crippen LogP contribution is -1.97. The average Bonchev–Trinajstić information content (AvgIpc) is 3.12. The summed E-state index contributed by atoms with van der Waals surface area (Å²) in [5.74, 6) is 0.716. The van der Waals surface area contributed by atoms with Crippen LogP contribution in [0.25, 0.3) is 72.1 Å². The third kappa shape index (κ3) is 4.89. The van der Waals surface area contributed by atoms with Gasteiger partial charge in [-0.15, -0.1) is 0 Å². The first-order valence-corrected chi connectivity index (χ1v) is 15.1. The van der Waals surface area contributed by atoms with Crippen LogP contribution in [-0.2, 0) is 0 Å².